The summed E-state index contributed by atoms with van der Waals surface area (Å²) >= 11 is 7.13. The first-order valence-corrected chi connectivity index (χ1v) is 9.59. The Morgan fingerprint density at radius 3 is 2.72 bits per heavy atom. The fraction of sp³-hybridized carbons (Fsp3) is 0.167. The fourth-order valence-corrected chi connectivity index (χ4v) is 3.44. The number of thioether (sulfide) groups is 1. The predicted molar refractivity (Wildman–Crippen MR) is 108 cm³/mol. The first-order valence-electron chi connectivity index (χ1n) is 8.33. The van der Waals surface area contributed by atoms with Gasteiger partial charge in [-0.3, -0.25) is 14.9 Å². The maximum atomic E-state index is 14.0. The summed E-state index contributed by atoms with van der Waals surface area (Å²) in [6.45, 7) is 1.64. The molecule has 2 aromatic carbocycles. The Kier molecular flexibility index (Phi) is 6.14. The summed E-state index contributed by atoms with van der Waals surface area (Å²) < 4.78 is 15.6. The fourth-order valence-electron chi connectivity index (χ4n) is 2.46. The Morgan fingerprint density at radius 1 is 1.31 bits per heavy atom. The third kappa shape index (κ3) is 4.54. The molecule has 1 heterocycles. The molecule has 0 saturated carbocycles. The number of benzene rings is 2. The highest BCUT2D eigenvalue weighted by atomic mass is 35.5. The number of carbonyl (C=O) groups is 1. The zero-order valence-corrected chi connectivity index (χ0v) is 16.9. The van der Waals surface area contributed by atoms with Crippen LogP contribution in [0.1, 0.15) is 6.92 Å². The van der Waals surface area contributed by atoms with Crippen molar-refractivity contribution in [3.63, 3.8) is 0 Å². The van der Waals surface area contributed by atoms with Crippen LogP contribution in [-0.4, -0.2) is 30.8 Å². The highest BCUT2D eigenvalue weighted by Crippen LogP contribution is 2.30. The number of anilines is 1. The van der Waals surface area contributed by atoms with Crippen LogP contribution in [0.4, 0.5) is 15.8 Å². The van der Waals surface area contributed by atoms with Crippen molar-refractivity contribution >= 4 is 40.6 Å². The van der Waals surface area contributed by atoms with Crippen LogP contribution in [0.15, 0.2) is 47.6 Å². The zero-order chi connectivity index (χ0) is 21.1. The average Bonchev–Trinajstić information content (AvgIpc) is 3.04. The van der Waals surface area contributed by atoms with Crippen LogP contribution in [0.25, 0.3) is 11.4 Å². The van der Waals surface area contributed by atoms with Gasteiger partial charge in [-0.1, -0.05) is 35.5 Å². The van der Waals surface area contributed by atoms with E-state index in [4.69, 9.17) is 11.6 Å². The third-order valence-electron chi connectivity index (χ3n) is 4.02. The van der Waals surface area contributed by atoms with Gasteiger partial charge in [-0.2, -0.15) is 0 Å². The maximum absolute atomic E-state index is 14.0. The number of non-ortho nitro benzene ring substituents is 1. The summed E-state index contributed by atoms with van der Waals surface area (Å²) in [5.74, 6) is -0.515. The molecule has 8 nitrogen and oxygen atoms in total. The summed E-state index contributed by atoms with van der Waals surface area (Å²) in [6, 6.07) is 9.98. The molecular formula is C18H15ClFN5O3S. The molecule has 1 aromatic heterocycles. The molecule has 1 unspecified atom stereocenters. The second kappa shape index (κ2) is 8.58. The van der Waals surface area contributed by atoms with Gasteiger partial charge in [0.25, 0.3) is 5.69 Å². The van der Waals surface area contributed by atoms with Crippen molar-refractivity contribution in [2.45, 2.75) is 17.3 Å². The van der Waals surface area contributed by atoms with Gasteiger partial charge in [-0.05, 0) is 25.1 Å². The van der Waals surface area contributed by atoms with Crippen LogP contribution in [0.3, 0.4) is 0 Å². The molecule has 3 rings (SSSR count). The molecule has 0 aliphatic heterocycles. The lowest BCUT2D eigenvalue weighted by Crippen LogP contribution is -2.23. The number of halogens is 2. The number of aromatic nitrogens is 3. The number of amides is 1. The quantitative estimate of drug-likeness (QED) is 0.351. The van der Waals surface area contributed by atoms with Crippen LogP contribution in [-0.2, 0) is 11.8 Å². The molecule has 1 N–H and O–H groups in total. The topological polar surface area (TPSA) is 103 Å². The van der Waals surface area contributed by atoms with Crippen LogP contribution < -0.4 is 5.32 Å². The normalized spacial score (nSPS) is 11.9. The molecular weight excluding hydrogens is 421 g/mol. The number of rotatable bonds is 6. The van der Waals surface area contributed by atoms with E-state index in [0.717, 1.165) is 11.8 Å². The second-order valence-corrected chi connectivity index (χ2v) is 7.73. The molecule has 0 fully saturated rings. The number of carbonyl (C=O) groups excluding carboxylic acids is 1. The van der Waals surface area contributed by atoms with Gasteiger partial charge < -0.3 is 9.88 Å². The summed E-state index contributed by atoms with van der Waals surface area (Å²) in [5, 5.41) is 21.5. The Bertz CT molecular complexity index is 1090. The van der Waals surface area contributed by atoms with Gasteiger partial charge in [0.05, 0.1) is 26.4 Å². The minimum absolute atomic E-state index is 0.142. The van der Waals surface area contributed by atoms with E-state index in [9.17, 15) is 19.3 Å². The largest absolute Gasteiger partial charge is 0.324 e. The molecule has 0 spiro atoms. The predicted octanol–water partition coefficient (Wildman–Crippen LogP) is 4.30. The lowest BCUT2D eigenvalue weighted by atomic mass is 10.2. The van der Waals surface area contributed by atoms with Crippen LogP contribution in [0.2, 0.25) is 5.02 Å². The number of nitrogens with one attached hydrogen (secondary N) is 1. The Labute approximate surface area is 174 Å². The standard InChI is InChI=1S/C18H15ClFN5O3S/c1-10(17(26)21-15-9-11(25(27)28)7-8-13(15)19)29-18-23-22-16(24(18)2)12-5-3-4-6-14(12)20/h3-10H,1-2H3,(H,21,26). The van der Waals surface area contributed by atoms with Crippen LogP contribution in [0.5, 0.6) is 0 Å². The first-order chi connectivity index (χ1) is 13.8. The van der Waals surface area contributed by atoms with E-state index in [-0.39, 0.29) is 16.4 Å². The van der Waals surface area contributed by atoms with Gasteiger partial charge in [0.2, 0.25) is 5.91 Å². The van der Waals surface area contributed by atoms with Gasteiger partial charge in [-0.25, -0.2) is 4.39 Å². The summed E-state index contributed by atoms with van der Waals surface area (Å²) in [5.41, 5.74) is 0.256. The summed E-state index contributed by atoms with van der Waals surface area (Å²) in [7, 11) is 1.67. The van der Waals surface area contributed by atoms with Crippen LogP contribution in [0, 0.1) is 15.9 Å². The number of nitro benzene ring substituents is 1. The van der Waals surface area contributed by atoms with E-state index in [2.05, 4.69) is 15.5 Å². The lowest BCUT2D eigenvalue weighted by Gasteiger charge is -2.12. The van der Waals surface area contributed by atoms with Gasteiger partial charge in [-0.15, -0.1) is 10.2 Å². The van der Waals surface area contributed by atoms with E-state index in [1.807, 2.05) is 0 Å². The number of hydrogen-bond acceptors (Lipinski definition) is 6. The van der Waals surface area contributed by atoms with Gasteiger partial charge in [0.1, 0.15) is 5.82 Å². The van der Waals surface area contributed by atoms with Crippen molar-refractivity contribution < 1.29 is 14.1 Å². The Balaban J connectivity index is 1.75. The van der Waals surface area contributed by atoms with Crippen molar-refractivity contribution in [3.05, 3.63) is 63.4 Å². The molecule has 0 bridgehead atoms. The molecule has 1 amide bonds. The SMILES string of the molecule is CC(Sc1nnc(-c2ccccc2F)n1C)C(=O)Nc1cc([N+](=O)[O-])ccc1Cl. The monoisotopic (exact) mass is 435 g/mol. The molecule has 150 valence electrons. The molecule has 3 aromatic rings. The van der Waals surface area contributed by atoms with Crippen molar-refractivity contribution in [1.29, 1.82) is 0 Å². The zero-order valence-electron chi connectivity index (χ0n) is 15.3. The average molecular weight is 436 g/mol. The molecule has 0 aliphatic carbocycles. The summed E-state index contributed by atoms with van der Waals surface area (Å²) in [4.78, 5) is 22.8. The van der Waals surface area contributed by atoms with Gasteiger partial charge in [0, 0.05) is 19.2 Å². The third-order valence-corrected chi connectivity index (χ3v) is 5.48. The van der Waals surface area contributed by atoms with Crippen molar-refractivity contribution in [1.82, 2.24) is 14.8 Å². The highest BCUT2D eigenvalue weighted by Gasteiger charge is 2.22. The van der Waals surface area contributed by atoms with Gasteiger partial charge in [0.15, 0.2) is 11.0 Å². The van der Waals surface area contributed by atoms with E-state index in [1.165, 1.54) is 24.3 Å². The van der Waals surface area contributed by atoms with E-state index in [1.54, 1.807) is 36.7 Å². The first kappa shape index (κ1) is 20.7. The molecule has 0 radical (unpaired) electrons. The van der Waals surface area contributed by atoms with Crippen LogP contribution >= 0.6 is 23.4 Å². The molecule has 1 atom stereocenters. The van der Waals surface area contributed by atoms with E-state index in [0.29, 0.717) is 16.5 Å². The van der Waals surface area contributed by atoms with E-state index >= 15 is 0 Å². The minimum Gasteiger partial charge on any atom is -0.324 e. The highest BCUT2D eigenvalue weighted by molar-refractivity contribution is 8.00. The molecule has 0 aliphatic rings. The maximum Gasteiger partial charge on any atom is 0.271 e. The Morgan fingerprint density at radius 2 is 2.03 bits per heavy atom. The molecule has 29 heavy (non-hydrogen) atoms. The second-order valence-electron chi connectivity index (χ2n) is 6.02. The van der Waals surface area contributed by atoms with Crippen molar-refractivity contribution in [2.24, 2.45) is 7.05 Å². The van der Waals surface area contributed by atoms with Crippen molar-refractivity contribution in [2.75, 3.05) is 5.32 Å². The number of nitrogens with zero attached hydrogens (tertiary/aromatic N) is 4. The summed E-state index contributed by atoms with van der Waals surface area (Å²) in [6.07, 6.45) is 0. The van der Waals surface area contributed by atoms with E-state index < -0.39 is 21.9 Å². The minimum atomic E-state index is -0.623. The smallest absolute Gasteiger partial charge is 0.271 e. The Hall–Kier alpha value is -2.98. The van der Waals surface area contributed by atoms with Gasteiger partial charge >= 0.3 is 0 Å². The number of hydrogen-bond donors (Lipinski definition) is 1. The van der Waals surface area contributed by atoms with Crippen molar-refractivity contribution in [3.8, 4) is 11.4 Å². The lowest BCUT2D eigenvalue weighted by molar-refractivity contribution is -0.384. The molecule has 0 saturated heterocycles. The number of nitro groups is 1. The molecule has 11 heteroatoms.